The highest BCUT2D eigenvalue weighted by molar-refractivity contribution is 5.96. The van der Waals surface area contributed by atoms with Crippen LogP contribution in [-0.2, 0) is 0 Å². The number of rotatable bonds is 5. The van der Waals surface area contributed by atoms with E-state index in [1.165, 1.54) is 19.2 Å². The average Bonchev–Trinajstić information content (AvgIpc) is 3.19. The minimum absolute atomic E-state index is 0. The summed E-state index contributed by atoms with van der Waals surface area (Å²) in [6.45, 7) is 0.406. The molecule has 0 heterocycles. The maximum Gasteiger partial charge on any atom is 0.255 e. The number of amides is 1. The largest absolute Gasteiger partial charge is 0.496 e. The van der Waals surface area contributed by atoms with Crippen LogP contribution in [0.1, 0.15) is 23.2 Å². The van der Waals surface area contributed by atoms with Gasteiger partial charge in [0.05, 0.1) is 12.7 Å². The van der Waals surface area contributed by atoms with E-state index in [-0.39, 0.29) is 29.9 Å². The van der Waals surface area contributed by atoms with Gasteiger partial charge in [0, 0.05) is 12.6 Å². The minimum atomic E-state index is -0.465. The topological polar surface area (TPSA) is 64.3 Å². The summed E-state index contributed by atoms with van der Waals surface area (Å²) in [5.41, 5.74) is 6.08. The van der Waals surface area contributed by atoms with E-state index in [1.807, 2.05) is 0 Å². The number of hydrogen-bond donors (Lipinski definition) is 2. The number of nitrogens with one attached hydrogen (secondary N) is 1. The van der Waals surface area contributed by atoms with Crippen molar-refractivity contribution in [3.63, 3.8) is 0 Å². The Kier molecular flexibility index (Phi) is 5.57. The van der Waals surface area contributed by atoms with Gasteiger partial charge in [0.2, 0.25) is 0 Å². The van der Waals surface area contributed by atoms with Gasteiger partial charge in [0.15, 0.2) is 0 Å². The molecule has 1 aliphatic carbocycles. The van der Waals surface area contributed by atoms with Gasteiger partial charge in [-0.2, -0.15) is 0 Å². The van der Waals surface area contributed by atoms with Crippen molar-refractivity contribution < 1.29 is 13.9 Å². The third kappa shape index (κ3) is 4.08. The fourth-order valence-corrected chi connectivity index (χ4v) is 1.85. The summed E-state index contributed by atoms with van der Waals surface area (Å²) in [7, 11) is 1.44. The monoisotopic (exact) mass is 288 g/mol. The van der Waals surface area contributed by atoms with E-state index in [0.717, 1.165) is 18.9 Å². The fourth-order valence-electron chi connectivity index (χ4n) is 1.85. The second-order valence-electron chi connectivity index (χ2n) is 4.56. The number of nitrogens with two attached hydrogens (primary N) is 1. The van der Waals surface area contributed by atoms with Gasteiger partial charge in [-0.05, 0) is 37.0 Å². The van der Waals surface area contributed by atoms with Crippen molar-refractivity contribution in [3.8, 4) is 5.75 Å². The van der Waals surface area contributed by atoms with Crippen LogP contribution in [0.5, 0.6) is 5.75 Å². The highest BCUT2D eigenvalue weighted by Crippen LogP contribution is 2.31. The van der Waals surface area contributed by atoms with Crippen molar-refractivity contribution in [2.75, 3.05) is 13.7 Å². The van der Waals surface area contributed by atoms with Crippen LogP contribution >= 0.6 is 12.4 Å². The van der Waals surface area contributed by atoms with E-state index in [4.69, 9.17) is 10.5 Å². The number of carbonyl (C=O) groups is 1. The molecule has 1 aromatic carbocycles. The fraction of sp³-hybridized carbons (Fsp3) is 0.462. The van der Waals surface area contributed by atoms with Crippen molar-refractivity contribution in [3.05, 3.63) is 29.6 Å². The lowest BCUT2D eigenvalue weighted by Crippen LogP contribution is -2.38. The maximum atomic E-state index is 13.1. The van der Waals surface area contributed by atoms with Crippen molar-refractivity contribution in [1.29, 1.82) is 0 Å². The van der Waals surface area contributed by atoms with Crippen LogP contribution in [0.15, 0.2) is 18.2 Å². The van der Waals surface area contributed by atoms with Crippen molar-refractivity contribution in [2.24, 2.45) is 11.7 Å². The normalized spacial score (nSPS) is 15.3. The molecule has 0 spiro atoms. The molecule has 4 nitrogen and oxygen atoms in total. The summed E-state index contributed by atoms with van der Waals surface area (Å²) in [6.07, 6.45) is 2.25. The quantitative estimate of drug-likeness (QED) is 0.867. The molecule has 1 atom stereocenters. The van der Waals surface area contributed by atoms with Crippen LogP contribution in [-0.4, -0.2) is 25.6 Å². The molecule has 0 aromatic heterocycles. The molecule has 1 amide bonds. The van der Waals surface area contributed by atoms with Crippen LogP contribution in [0.3, 0.4) is 0 Å². The van der Waals surface area contributed by atoms with Gasteiger partial charge in [0.1, 0.15) is 11.6 Å². The van der Waals surface area contributed by atoms with Crippen molar-refractivity contribution in [2.45, 2.75) is 18.9 Å². The van der Waals surface area contributed by atoms with E-state index in [2.05, 4.69) is 5.32 Å². The Hall–Kier alpha value is -1.33. The van der Waals surface area contributed by atoms with Crippen LogP contribution in [0, 0.1) is 11.7 Å². The first kappa shape index (κ1) is 15.7. The molecule has 1 saturated carbocycles. The average molecular weight is 289 g/mol. The minimum Gasteiger partial charge on any atom is -0.496 e. The number of benzene rings is 1. The number of halogens is 2. The Morgan fingerprint density at radius 3 is 2.84 bits per heavy atom. The zero-order chi connectivity index (χ0) is 13.1. The molecule has 0 saturated heterocycles. The standard InChI is InChI=1S/C13H17FN2O2.ClH/c1-18-12-5-4-9(14)6-10(12)13(17)16-7-11(15)8-2-3-8;/h4-6,8,11H,2-3,7,15H2,1H3,(H,16,17);1H. The van der Waals surface area contributed by atoms with Crippen LogP contribution < -0.4 is 15.8 Å². The number of hydrogen-bond acceptors (Lipinski definition) is 3. The van der Waals surface area contributed by atoms with Gasteiger partial charge >= 0.3 is 0 Å². The lowest BCUT2D eigenvalue weighted by atomic mass is 10.1. The van der Waals surface area contributed by atoms with Crippen LogP contribution in [0.2, 0.25) is 0 Å². The molecule has 0 aliphatic heterocycles. The molecule has 19 heavy (non-hydrogen) atoms. The maximum absolute atomic E-state index is 13.1. The van der Waals surface area contributed by atoms with E-state index < -0.39 is 5.82 Å². The summed E-state index contributed by atoms with van der Waals surface area (Å²) < 4.78 is 18.1. The predicted octanol–water partition coefficient (Wildman–Crippen LogP) is 1.72. The predicted molar refractivity (Wildman–Crippen MR) is 73.2 cm³/mol. The van der Waals surface area contributed by atoms with Crippen molar-refractivity contribution in [1.82, 2.24) is 5.32 Å². The van der Waals surface area contributed by atoms with Gasteiger partial charge in [-0.25, -0.2) is 4.39 Å². The number of ether oxygens (including phenoxy) is 1. The molecule has 1 aromatic rings. The Balaban J connectivity index is 0.00000180. The van der Waals surface area contributed by atoms with Gasteiger partial charge < -0.3 is 15.8 Å². The molecule has 0 bridgehead atoms. The van der Waals surface area contributed by atoms with E-state index in [9.17, 15) is 9.18 Å². The van der Waals surface area contributed by atoms with E-state index in [1.54, 1.807) is 0 Å². The molecular formula is C13H18ClFN2O2. The summed E-state index contributed by atoms with van der Waals surface area (Å²) in [5, 5.41) is 2.71. The molecule has 2 rings (SSSR count). The van der Waals surface area contributed by atoms with Crippen LogP contribution in [0.4, 0.5) is 4.39 Å². The Morgan fingerprint density at radius 2 is 2.26 bits per heavy atom. The summed E-state index contributed by atoms with van der Waals surface area (Å²) >= 11 is 0. The summed E-state index contributed by atoms with van der Waals surface area (Å²) in [5.74, 6) is 0.0449. The summed E-state index contributed by atoms with van der Waals surface area (Å²) in [6, 6.07) is 3.83. The Morgan fingerprint density at radius 1 is 1.58 bits per heavy atom. The van der Waals surface area contributed by atoms with Gasteiger partial charge in [-0.1, -0.05) is 0 Å². The van der Waals surface area contributed by atoms with E-state index in [0.29, 0.717) is 18.2 Å². The lowest BCUT2D eigenvalue weighted by molar-refractivity contribution is 0.0946. The first-order valence-corrected chi connectivity index (χ1v) is 5.99. The molecular weight excluding hydrogens is 271 g/mol. The lowest BCUT2D eigenvalue weighted by Gasteiger charge is -2.13. The van der Waals surface area contributed by atoms with E-state index >= 15 is 0 Å². The SMILES string of the molecule is COc1ccc(F)cc1C(=O)NCC(N)C1CC1.Cl. The van der Waals surface area contributed by atoms with Crippen molar-refractivity contribution >= 4 is 18.3 Å². The van der Waals surface area contributed by atoms with Gasteiger partial charge in [-0.15, -0.1) is 12.4 Å². The molecule has 0 radical (unpaired) electrons. The molecule has 6 heteroatoms. The highest BCUT2D eigenvalue weighted by atomic mass is 35.5. The number of carbonyl (C=O) groups excluding carboxylic acids is 1. The second-order valence-corrected chi connectivity index (χ2v) is 4.56. The third-order valence-electron chi connectivity index (χ3n) is 3.13. The summed E-state index contributed by atoms with van der Waals surface area (Å²) in [4.78, 5) is 11.9. The smallest absolute Gasteiger partial charge is 0.255 e. The van der Waals surface area contributed by atoms with Gasteiger partial charge in [0.25, 0.3) is 5.91 Å². The first-order chi connectivity index (χ1) is 8.61. The third-order valence-corrected chi connectivity index (χ3v) is 3.13. The molecule has 3 N–H and O–H groups in total. The molecule has 106 valence electrons. The van der Waals surface area contributed by atoms with Gasteiger partial charge in [-0.3, -0.25) is 4.79 Å². The highest BCUT2D eigenvalue weighted by Gasteiger charge is 2.28. The number of methoxy groups -OCH3 is 1. The first-order valence-electron chi connectivity index (χ1n) is 5.99. The Bertz CT molecular complexity index is 452. The molecule has 1 fully saturated rings. The zero-order valence-corrected chi connectivity index (χ0v) is 11.5. The zero-order valence-electron chi connectivity index (χ0n) is 10.7. The van der Waals surface area contributed by atoms with Crippen LogP contribution in [0.25, 0.3) is 0 Å². The Labute approximate surface area is 117 Å². The molecule has 1 unspecified atom stereocenters. The second kappa shape index (κ2) is 6.73. The molecule has 1 aliphatic rings.